The number of rotatable bonds is 5. The van der Waals surface area contributed by atoms with Crippen molar-refractivity contribution >= 4 is 11.3 Å². The summed E-state index contributed by atoms with van der Waals surface area (Å²) in [4.78, 5) is 5.97. The van der Waals surface area contributed by atoms with Crippen LogP contribution in [0, 0.1) is 12.7 Å². The van der Waals surface area contributed by atoms with Crippen LogP contribution in [0.25, 0.3) is 10.6 Å². The predicted octanol–water partition coefficient (Wildman–Crippen LogP) is 4.07. The van der Waals surface area contributed by atoms with Gasteiger partial charge in [0.15, 0.2) is 0 Å². The first kappa shape index (κ1) is 13.7. The van der Waals surface area contributed by atoms with Gasteiger partial charge in [0.1, 0.15) is 10.8 Å². The minimum atomic E-state index is -0.159. The van der Waals surface area contributed by atoms with Crippen LogP contribution in [-0.2, 0) is 13.0 Å². The Kier molecular flexibility index (Phi) is 3.85. The molecular formula is C16H19FN2S. The second-order valence-corrected chi connectivity index (χ2v) is 6.45. The third-order valence-electron chi connectivity index (χ3n) is 3.66. The van der Waals surface area contributed by atoms with Crippen molar-refractivity contribution in [3.05, 3.63) is 40.2 Å². The Labute approximate surface area is 123 Å². The van der Waals surface area contributed by atoms with E-state index in [1.807, 2.05) is 12.1 Å². The number of hydrogen-bond acceptors (Lipinski definition) is 3. The molecule has 1 aromatic heterocycles. The lowest BCUT2D eigenvalue weighted by molar-refractivity contribution is 0.619. The quantitative estimate of drug-likeness (QED) is 0.898. The van der Waals surface area contributed by atoms with E-state index in [9.17, 15) is 4.39 Å². The van der Waals surface area contributed by atoms with Crippen LogP contribution in [-0.4, -0.2) is 11.0 Å². The molecule has 0 amide bonds. The molecule has 2 nitrogen and oxygen atoms in total. The molecule has 20 heavy (non-hydrogen) atoms. The topological polar surface area (TPSA) is 24.9 Å². The summed E-state index contributed by atoms with van der Waals surface area (Å²) < 4.78 is 13.7. The number of hydrogen-bond donors (Lipinski definition) is 1. The highest BCUT2D eigenvalue weighted by Crippen LogP contribution is 2.30. The smallest absolute Gasteiger partial charge is 0.126 e. The van der Waals surface area contributed by atoms with Crippen molar-refractivity contribution < 1.29 is 4.39 Å². The summed E-state index contributed by atoms with van der Waals surface area (Å²) in [6.45, 7) is 4.79. The zero-order valence-electron chi connectivity index (χ0n) is 11.9. The summed E-state index contributed by atoms with van der Waals surface area (Å²) in [7, 11) is 0. The maximum atomic E-state index is 13.7. The molecule has 1 aliphatic rings. The van der Waals surface area contributed by atoms with Crippen LogP contribution in [0.3, 0.4) is 0 Å². The highest BCUT2D eigenvalue weighted by Gasteiger charge is 2.21. The summed E-state index contributed by atoms with van der Waals surface area (Å²) in [6.07, 6.45) is 3.50. The molecule has 1 heterocycles. The fourth-order valence-electron chi connectivity index (χ4n) is 2.17. The van der Waals surface area contributed by atoms with Gasteiger partial charge in [0.25, 0.3) is 0 Å². The van der Waals surface area contributed by atoms with Crippen molar-refractivity contribution in [3.63, 3.8) is 0 Å². The van der Waals surface area contributed by atoms with Gasteiger partial charge in [-0.25, -0.2) is 9.37 Å². The molecule has 0 aliphatic heterocycles. The van der Waals surface area contributed by atoms with Crippen LogP contribution >= 0.6 is 11.3 Å². The lowest BCUT2D eigenvalue weighted by Crippen LogP contribution is -2.15. The SMILES string of the molecule is CCc1nc(-c2ccc(C)c(F)c2)sc1CNC1CC1. The zero-order chi connectivity index (χ0) is 14.1. The van der Waals surface area contributed by atoms with Crippen LogP contribution < -0.4 is 5.32 Å². The summed E-state index contributed by atoms with van der Waals surface area (Å²) in [6, 6.07) is 6.06. The van der Waals surface area contributed by atoms with E-state index in [0.717, 1.165) is 29.2 Å². The molecule has 1 aliphatic carbocycles. The van der Waals surface area contributed by atoms with Crippen LogP contribution in [0.5, 0.6) is 0 Å². The zero-order valence-corrected chi connectivity index (χ0v) is 12.7. The average Bonchev–Trinajstić information content (AvgIpc) is 3.18. The lowest BCUT2D eigenvalue weighted by atomic mass is 10.1. The van der Waals surface area contributed by atoms with E-state index >= 15 is 0 Å². The van der Waals surface area contributed by atoms with Crippen molar-refractivity contribution in [3.8, 4) is 10.6 Å². The monoisotopic (exact) mass is 290 g/mol. The maximum Gasteiger partial charge on any atom is 0.126 e. The second-order valence-electron chi connectivity index (χ2n) is 5.36. The van der Waals surface area contributed by atoms with E-state index in [-0.39, 0.29) is 5.82 Å². The minimum Gasteiger partial charge on any atom is -0.309 e. The van der Waals surface area contributed by atoms with Crippen molar-refractivity contribution in [1.29, 1.82) is 0 Å². The van der Waals surface area contributed by atoms with Gasteiger partial charge in [0.05, 0.1) is 5.69 Å². The Morgan fingerprint density at radius 3 is 2.85 bits per heavy atom. The van der Waals surface area contributed by atoms with Crippen molar-refractivity contribution in [1.82, 2.24) is 10.3 Å². The number of nitrogens with one attached hydrogen (secondary N) is 1. The first-order chi connectivity index (χ1) is 9.67. The molecule has 2 aromatic rings. The summed E-state index contributed by atoms with van der Waals surface area (Å²) in [5.41, 5.74) is 2.70. The van der Waals surface area contributed by atoms with E-state index in [4.69, 9.17) is 0 Å². The number of nitrogens with zero attached hydrogens (tertiary/aromatic N) is 1. The fourth-order valence-corrected chi connectivity index (χ4v) is 3.27. The molecule has 1 saturated carbocycles. The third kappa shape index (κ3) is 2.91. The Balaban J connectivity index is 1.86. The normalized spacial score (nSPS) is 14.8. The molecule has 0 radical (unpaired) electrons. The number of thiazole rings is 1. The molecule has 0 unspecified atom stereocenters. The van der Waals surface area contributed by atoms with Gasteiger partial charge in [-0.05, 0) is 37.8 Å². The van der Waals surface area contributed by atoms with E-state index < -0.39 is 0 Å². The van der Waals surface area contributed by atoms with Crippen molar-refractivity contribution in [2.45, 2.75) is 45.7 Å². The van der Waals surface area contributed by atoms with Gasteiger partial charge in [0, 0.05) is 23.0 Å². The largest absolute Gasteiger partial charge is 0.309 e. The minimum absolute atomic E-state index is 0.159. The Hall–Kier alpha value is -1.26. The average molecular weight is 290 g/mol. The highest BCUT2D eigenvalue weighted by molar-refractivity contribution is 7.15. The first-order valence-corrected chi connectivity index (χ1v) is 7.97. The van der Waals surface area contributed by atoms with Crippen LogP contribution in [0.1, 0.15) is 35.9 Å². The van der Waals surface area contributed by atoms with Crippen LogP contribution in [0.2, 0.25) is 0 Å². The molecule has 0 atom stereocenters. The highest BCUT2D eigenvalue weighted by atomic mass is 32.1. The number of aromatic nitrogens is 1. The molecule has 0 bridgehead atoms. The van der Waals surface area contributed by atoms with Gasteiger partial charge in [0.2, 0.25) is 0 Å². The standard InChI is InChI=1S/C16H19FN2S/c1-3-14-15(9-18-12-6-7-12)20-16(19-14)11-5-4-10(2)13(17)8-11/h4-5,8,12,18H,3,6-7,9H2,1-2H3. The van der Waals surface area contributed by atoms with Gasteiger partial charge in [-0.15, -0.1) is 11.3 Å². The predicted molar refractivity (Wildman–Crippen MR) is 81.5 cm³/mol. The van der Waals surface area contributed by atoms with Gasteiger partial charge >= 0.3 is 0 Å². The molecule has 4 heteroatoms. The molecule has 1 N–H and O–H groups in total. The summed E-state index contributed by atoms with van der Waals surface area (Å²) in [5.74, 6) is -0.159. The van der Waals surface area contributed by atoms with E-state index in [1.165, 1.54) is 17.7 Å². The maximum absolute atomic E-state index is 13.7. The molecule has 106 valence electrons. The molecule has 3 rings (SSSR count). The van der Waals surface area contributed by atoms with E-state index in [2.05, 4.69) is 17.2 Å². The fraction of sp³-hybridized carbons (Fsp3) is 0.438. The Bertz CT molecular complexity index is 617. The number of aryl methyl sites for hydroxylation is 2. The number of benzene rings is 1. The lowest BCUT2D eigenvalue weighted by Gasteiger charge is -2.00. The van der Waals surface area contributed by atoms with Crippen LogP contribution in [0.15, 0.2) is 18.2 Å². The van der Waals surface area contributed by atoms with Crippen molar-refractivity contribution in [2.24, 2.45) is 0 Å². The second kappa shape index (κ2) is 5.62. The van der Waals surface area contributed by atoms with Gasteiger partial charge < -0.3 is 5.32 Å². The molecule has 0 saturated heterocycles. The summed E-state index contributed by atoms with van der Waals surface area (Å²) >= 11 is 1.68. The van der Waals surface area contributed by atoms with E-state index in [0.29, 0.717) is 11.6 Å². The first-order valence-electron chi connectivity index (χ1n) is 7.16. The van der Waals surface area contributed by atoms with Gasteiger partial charge in [-0.1, -0.05) is 19.1 Å². The molecule has 1 aromatic carbocycles. The molecular weight excluding hydrogens is 271 g/mol. The Morgan fingerprint density at radius 2 is 2.20 bits per heavy atom. The van der Waals surface area contributed by atoms with Crippen LogP contribution in [0.4, 0.5) is 4.39 Å². The summed E-state index contributed by atoms with van der Waals surface area (Å²) in [5, 5.41) is 4.45. The van der Waals surface area contributed by atoms with Gasteiger partial charge in [-0.2, -0.15) is 0 Å². The molecule has 0 spiro atoms. The third-order valence-corrected chi connectivity index (χ3v) is 4.81. The van der Waals surface area contributed by atoms with E-state index in [1.54, 1.807) is 24.3 Å². The number of halogens is 1. The Morgan fingerprint density at radius 1 is 1.40 bits per heavy atom. The van der Waals surface area contributed by atoms with Gasteiger partial charge in [-0.3, -0.25) is 0 Å². The van der Waals surface area contributed by atoms with Crippen molar-refractivity contribution in [2.75, 3.05) is 0 Å². The molecule has 1 fully saturated rings.